The molecular weight excluding hydrogens is 288 g/mol. The third kappa shape index (κ3) is 2.43. The van der Waals surface area contributed by atoms with Gasteiger partial charge in [0.1, 0.15) is 0 Å². The standard InChI is InChI=1S/C11H9BrN2OS/c12-7-1-2-9(10(13)5-7)11(15)14-8-3-4-16-6-8/h1-6H,13H2,(H,14,15). The average molecular weight is 297 g/mol. The second kappa shape index (κ2) is 4.67. The molecule has 3 N–H and O–H groups in total. The molecule has 3 nitrogen and oxygen atoms in total. The number of anilines is 2. The van der Waals surface area contributed by atoms with Gasteiger partial charge in [-0.1, -0.05) is 15.9 Å². The van der Waals surface area contributed by atoms with Crippen molar-refractivity contribution in [3.05, 3.63) is 45.1 Å². The summed E-state index contributed by atoms with van der Waals surface area (Å²) in [4.78, 5) is 11.8. The summed E-state index contributed by atoms with van der Waals surface area (Å²) in [5.74, 6) is -0.191. The monoisotopic (exact) mass is 296 g/mol. The fourth-order valence-electron chi connectivity index (χ4n) is 1.27. The Morgan fingerprint density at radius 1 is 1.38 bits per heavy atom. The summed E-state index contributed by atoms with van der Waals surface area (Å²) in [5, 5.41) is 6.55. The molecule has 82 valence electrons. The molecule has 0 fully saturated rings. The number of hydrogen-bond acceptors (Lipinski definition) is 3. The van der Waals surface area contributed by atoms with Crippen LogP contribution in [-0.2, 0) is 0 Å². The predicted octanol–water partition coefficient (Wildman–Crippen LogP) is 3.35. The van der Waals surface area contributed by atoms with E-state index in [2.05, 4.69) is 21.2 Å². The van der Waals surface area contributed by atoms with Crippen molar-refractivity contribution in [3.8, 4) is 0 Å². The minimum Gasteiger partial charge on any atom is -0.398 e. The first-order valence-corrected chi connectivity index (χ1v) is 6.29. The molecule has 0 atom stereocenters. The lowest BCUT2D eigenvalue weighted by molar-refractivity contribution is 0.102. The van der Waals surface area contributed by atoms with Gasteiger partial charge in [-0.3, -0.25) is 4.79 Å². The first-order valence-electron chi connectivity index (χ1n) is 4.55. The first kappa shape index (κ1) is 11.2. The first-order chi connectivity index (χ1) is 7.66. The summed E-state index contributed by atoms with van der Waals surface area (Å²) >= 11 is 4.83. The number of thiophene rings is 1. The average Bonchev–Trinajstić information content (AvgIpc) is 2.70. The molecule has 2 rings (SSSR count). The van der Waals surface area contributed by atoms with E-state index in [0.29, 0.717) is 11.3 Å². The van der Waals surface area contributed by atoms with E-state index in [1.807, 2.05) is 16.8 Å². The highest BCUT2D eigenvalue weighted by molar-refractivity contribution is 9.10. The molecule has 0 aliphatic rings. The second-order valence-corrected chi connectivity index (χ2v) is 4.89. The maximum atomic E-state index is 11.8. The van der Waals surface area contributed by atoms with Crippen LogP contribution in [0.25, 0.3) is 0 Å². The van der Waals surface area contributed by atoms with Gasteiger partial charge in [-0.05, 0) is 29.6 Å². The van der Waals surface area contributed by atoms with Gasteiger partial charge in [0, 0.05) is 15.5 Å². The lowest BCUT2D eigenvalue weighted by atomic mass is 10.1. The molecule has 0 saturated heterocycles. The fourth-order valence-corrected chi connectivity index (χ4v) is 2.24. The van der Waals surface area contributed by atoms with E-state index in [1.165, 1.54) is 11.3 Å². The Balaban J connectivity index is 2.21. The van der Waals surface area contributed by atoms with E-state index in [9.17, 15) is 4.79 Å². The molecule has 1 amide bonds. The van der Waals surface area contributed by atoms with Crippen molar-refractivity contribution in [2.75, 3.05) is 11.1 Å². The largest absolute Gasteiger partial charge is 0.398 e. The molecule has 0 unspecified atom stereocenters. The van der Waals surface area contributed by atoms with E-state index in [4.69, 9.17) is 5.73 Å². The van der Waals surface area contributed by atoms with Crippen molar-refractivity contribution in [2.45, 2.75) is 0 Å². The van der Waals surface area contributed by atoms with Gasteiger partial charge < -0.3 is 11.1 Å². The number of nitrogens with one attached hydrogen (secondary N) is 1. The van der Waals surface area contributed by atoms with E-state index in [-0.39, 0.29) is 5.91 Å². The lowest BCUT2D eigenvalue weighted by Crippen LogP contribution is -2.13. The summed E-state index contributed by atoms with van der Waals surface area (Å²) < 4.78 is 0.858. The van der Waals surface area contributed by atoms with Crippen molar-refractivity contribution in [1.29, 1.82) is 0 Å². The molecule has 0 aliphatic carbocycles. The number of halogens is 1. The van der Waals surface area contributed by atoms with Crippen LogP contribution in [0.3, 0.4) is 0 Å². The van der Waals surface area contributed by atoms with E-state index < -0.39 is 0 Å². The zero-order valence-corrected chi connectivity index (χ0v) is 10.6. The zero-order chi connectivity index (χ0) is 11.5. The molecule has 0 saturated carbocycles. The molecule has 5 heteroatoms. The number of hydrogen-bond donors (Lipinski definition) is 2. The van der Waals surface area contributed by atoms with Crippen LogP contribution in [-0.4, -0.2) is 5.91 Å². The number of carbonyl (C=O) groups excluding carboxylic acids is 1. The molecule has 0 radical (unpaired) electrons. The van der Waals surface area contributed by atoms with Crippen LogP contribution in [0, 0.1) is 0 Å². The Hall–Kier alpha value is -1.33. The van der Waals surface area contributed by atoms with Crippen LogP contribution < -0.4 is 11.1 Å². The van der Waals surface area contributed by atoms with Gasteiger partial charge in [0.15, 0.2) is 0 Å². The van der Waals surface area contributed by atoms with Crippen molar-refractivity contribution in [2.24, 2.45) is 0 Å². The highest BCUT2D eigenvalue weighted by Gasteiger charge is 2.09. The summed E-state index contributed by atoms with van der Waals surface area (Å²) in [6, 6.07) is 7.04. The van der Waals surface area contributed by atoms with Gasteiger partial charge in [-0.25, -0.2) is 0 Å². The van der Waals surface area contributed by atoms with Crippen molar-refractivity contribution < 1.29 is 4.79 Å². The van der Waals surface area contributed by atoms with Crippen LogP contribution in [0.2, 0.25) is 0 Å². The minimum atomic E-state index is -0.191. The third-order valence-corrected chi connectivity index (χ3v) is 3.21. The molecule has 0 aliphatic heterocycles. The van der Waals surface area contributed by atoms with Gasteiger partial charge in [0.05, 0.1) is 11.3 Å². The van der Waals surface area contributed by atoms with E-state index in [0.717, 1.165) is 10.2 Å². The second-order valence-electron chi connectivity index (χ2n) is 3.20. The van der Waals surface area contributed by atoms with Gasteiger partial charge in [0.2, 0.25) is 0 Å². The predicted molar refractivity (Wildman–Crippen MR) is 70.8 cm³/mol. The molecule has 0 bridgehead atoms. The molecular formula is C11H9BrN2OS. The van der Waals surface area contributed by atoms with Crippen LogP contribution in [0.5, 0.6) is 0 Å². The highest BCUT2D eigenvalue weighted by Crippen LogP contribution is 2.20. The number of nitrogens with two attached hydrogens (primary N) is 1. The SMILES string of the molecule is Nc1cc(Br)ccc1C(=O)Nc1ccsc1. The van der Waals surface area contributed by atoms with Gasteiger partial charge in [0.25, 0.3) is 5.91 Å². The van der Waals surface area contributed by atoms with Gasteiger partial charge >= 0.3 is 0 Å². The molecule has 2 aromatic rings. The molecule has 1 aromatic carbocycles. The summed E-state index contributed by atoms with van der Waals surface area (Å²) in [5.41, 5.74) is 7.49. The normalized spacial score (nSPS) is 10.1. The number of rotatable bonds is 2. The van der Waals surface area contributed by atoms with Crippen LogP contribution in [0.4, 0.5) is 11.4 Å². The van der Waals surface area contributed by atoms with Gasteiger partial charge in [-0.2, -0.15) is 11.3 Å². The Morgan fingerprint density at radius 2 is 2.19 bits per heavy atom. The zero-order valence-electron chi connectivity index (χ0n) is 8.24. The summed E-state index contributed by atoms with van der Waals surface area (Å²) in [6.45, 7) is 0. The van der Waals surface area contributed by atoms with Crippen molar-refractivity contribution in [1.82, 2.24) is 0 Å². The van der Waals surface area contributed by atoms with Crippen LogP contribution in [0.1, 0.15) is 10.4 Å². The van der Waals surface area contributed by atoms with E-state index >= 15 is 0 Å². The maximum Gasteiger partial charge on any atom is 0.257 e. The minimum absolute atomic E-state index is 0.191. The Kier molecular flexibility index (Phi) is 3.26. The van der Waals surface area contributed by atoms with Crippen molar-refractivity contribution in [3.63, 3.8) is 0 Å². The highest BCUT2D eigenvalue weighted by atomic mass is 79.9. The molecule has 16 heavy (non-hydrogen) atoms. The van der Waals surface area contributed by atoms with Crippen LogP contribution in [0.15, 0.2) is 39.5 Å². The summed E-state index contributed by atoms with van der Waals surface area (Å²) in [7, 11) is 0. The summed E-state index contributed by atoms with van der Waals surface area (Å²) in [6.07, 6.45) is 0. The molecule has 1 heterocycles. The quantitative estimate of drug-likeness (QED) is 0.835. The Labute approximate surface area is 105 Å². The number of amides is 1. The third-order valence-electron chi connectivity index (χ3n) is 2.04. The van der Waals surface area contributed by atoms with Gasteiger partial charge in [-0.15, -0.1) is 0 Å². The topological polar surface area (TPSA) is 55.1 Å². The van der Waals surface area contributed by atoms with E-state index in [1.54, 1.807) is 18.2 Å². The maximum absolute atomic E-state index is 11.8. The van der Waals surface area contributed by atoms with Crippen molar-refractivity contribution >= 4 is 44.5 Å². The molecule has 1 aromatic heterocycles. The number of carbonyl (C=O) groups is 1. The lowest BCUT2D eigenvalue weighted by Gasteiger charge is -2.06. The number of nitrogen functional groups attached to an aromatic ring is 1. The smallest absolute Gasteiger partial charge is 0.257 e. The fraction of sp³-hybridized carbons (Fsp3) is 0. The Bertz CT molecular complexity index is 511. The Morgan fingerprint density at radius 3 is 2.81 bits per heavy atom. The number of benzene rings is 1. The molecule has 0 spiro atoms. The van der Waals surface area contributed by atoms with Crippen LogP contribution >= 0.6 is 27.3 Å².